The molecule has 14 heavy (non-hydrogen) atoms. The van der Waals surface area contributed by atoms with Crippen LogP contribution in [-0.2, 0) is 4.79 Å². The molecule has 0 saturated heterocycles. The highest BCUT2D eigenvalue weighted by molar-refractivity contribution is 6.30. The molecule has 2 heteroatoms. The number of benzene rings is 1. The van der Waals surface area contributed by atoms with Gasteiger partial charge in [0.1, 0.15) is 6.29 Å². The van der Waals surface area contributed by atoms with Crippen LogP contribution in [0.25, 0.3) is 0 Å². The molecule has 0 spiro atoms. The largest absolute Gasteiger partial charge is 0.303 e. The Bertz CT molecular complexity index is 314. The van der Waals surface area contributed by atoms with E-state index < -0.39 is 0 Å². The number of hydrogen-bond donors (Lipinski definition) is 0. The van der Waals surface area contributed by atoms with Crippen LogP contribution in [0.2, 0.25) is 5.02 Å². The van der Waals surface area contributed by atoms with Gasteiger partial charge in [0.05, 0.1) is 0 Å². The van der Waals surface area contributed by atoms with Gasteiger partial charge in [0.2, 0.25) is 0 Å². The van der Waals surface area contributed by atoms with Crippen molar-refractivity contribution in [2.24, 2.45) is 5.92 Å². The Morgan fingerprint density at radius 1 is 1.29 bits per heavy atom. The van der Waals surface area contributed by atoms with Gasteiger partial charge in [-0.3, -0.25) is 0 Å². The van der Waals surface area contributed by atoms with Gasteiger partial charge in [-0.15, -0.1) is 0 Å². The minimum absolute atomic E-state index is 0.0843. The van der Waals surface area contributed by atoms with Crippen molar-refractivity contribution < 1.29 is 4.79 Å². The molecule has 1 aliphatic carbocycles. The van der Waals surface area contributed by atoms with Crippen LogP contribution < -0.4 is 0 Å². The molecule has 1 unspecified atom stereocenters. The second-order valence-corrected chi connectivity index (χ2v) is 4.34. The molecule has 1 aromatic rings. The summed E-state index contributed by atoms with van der Waals surface area (Å²) in [5, 5.41) is 0.729. The molecule has 1 nitrogen and oxygen atoms in total. The second kappa shape index (κ2) is 4.14. The molecular formula is C12H13ClO. The summed E-state index contributed by atoms with van der Waals surface area (Å²) >= 11 is 5.80. The lowest BCUT2D eigenvalue weighted by Crippen LogP contribution is -2.21. The van der Waals surface area contributed by atoms with Gasteiger partial charge in [-0.2, -0.15) is 0 Å². The predicted octanol–water partition coefficient (Wildman–Crippen LogP) is 3.42. The lowest BCUT2D eigenvalue weighted by molar-refractivity contribution is -0.110. The minimum atomic E-state index is 0.0843. The summed E-state index contributed by atoms with van der Waals surface area (Å²) in [6.07, 6.45) is 4.72. The van der Waals surface area contributed by atoms with Gasteiger partial charge >= 0.3 is 0 Å². The minimum Gasteiger partial charge on any atom is -0.303 e. The van der Waals surface area contributed by atoms with Crippen LogP contribution in [0.1, 0.15) is 30.7 Å². The van der Waals surface area contributed by atoms with E-state index in [0.717, 1.165) is 16.9 Å². The smallest absolute Gasteiger partial charge is 0.127 e. The zero-order valence-corrected chi connectivity index (χ0v) is 8.70. The normalized spacial score (nSPS) is 18.6. The molecule has 0 aliphatic heterocycles. The molecule has 1 fully saturated rings. The zero-order chi connectivity index (χ0) is 9.97. The molecule has 1 saturated carbocycles. The maximum atomic E-state index is 11.0. The van der Waals surface area contributed by atoms with Crippen molar-refractivity contribution in [2.45, 2.75) is 25.2 Å². The Labute approximate surface area is 89.1 Å². The quantitative estimate of drug-likeness (QED) is 0.696. The van der Waals surface area contributed by atoms with Crippen molar-refractivity contribution in [3.8, 4) is 0 Å². The van der Waals surface area contributed by atoms with E-state index >= 15 is 0 Å². The van der Waals surface area contributed by atoms with Gasteiger partial charge < -0.3 is 4.79 Å². The SMILES string of the molecule is O=CC(c1ccc(Cl)cc1)C1CCC1. The van der Waals surface area contributed by atoms with Gasteiger partial charge in [0.25, 0.3) is 0 Å². The Hall–Kier alpha value is -0.820. The van der Waals surface area contributed by atoms with E-state index in [0.29, 0.717) is 5.92 Å². The van der Waals surface area contributed by atoms with E-state index in [1.54, 1.807) is 0 Å². The Balaban J connectivity index is 2.18. The van der Waals surface area contributed by atoms with Crippen molar-refractivity contribution in [1.29, 1.82) is 0 Å². The molecule has 0 N–H and O–H groups in total. The predicted molar refractivity (Wildman–Crippen MR) is 57.6 cm³/mol. The van der Waals surface area contributed by atoms with E-state index in [1.807, 2.05) is 24.3 Å². The van der Waals surface area contributed by atoms with Crippen LogP contribution in [0.5, 0.6) is 0 Å². The van der Waals surface area contributed by atoms with Crippen LogP contribution in [0.15, 0.2) is 24.3 Å². The third kappa shape index (κ3) is 1.83. The number of carbonyl (C=O) groups is 1. The van der Waals surface area contributed by atoms with Crippen LogP contribution >= 0.6 is 11.6 Å². The first-order valence-electron chi connectivity index (χ1n) is 5.02. The van der Waals surface area contributed by atoms with Crippen LogP contribution in [0.3, 0.4) is 0 Å². The number of carbonyl (C=O) groups excluding carboxylic acids is 1. The van der Waals surface area contributed by atoms with Crippen molar-refractivity contribution in [2.75, 3.05) is 0 Å². The lowest BCUT2D eigenvalue weighted by atomic mass is 9.74. The van der Waals surface area contributed by atoms with Crippen molar-refractivity contribution in [1.82, 2.24) is 0 Å². The average molecular weight is 209 g/mol. The number of aldehydes is 1. The van der Waals surface area contributed by atoms with Crippen molar-refractivity contribution >= 4 is 17.9 Å². The third-order valence-electron chi connectivity index (χ3n) is 3.06. The standard InChI is InChI=1S/C12H13ClO/c13-11-6-4-10(5-7-11)12(8-14)9-2-1-3-9/h4-9,12H,1-3H2. The molecule has 0 heterocycles. The van der Waals surface area contributed by atoms with E-state index in [2.05, 4.69) is 0 Å². The van der Waals surface area contributed by atoms with Crippen LogP contribution in [-0.4, -0.2) is 6.29 Å². The molecule has 1 atom stereocenters. The first-order valence-corrected chi connectivity index (χ1v) is 5.40. The van der Waals surface area contributed by atoms with Gasteiger partial charge in [-0.05, 0) is 36.5 Å². The Morgan fingerprint density at radius 3 is 2.36 bits per heavy atom. The third-order valence-corrected chi connectivity index (χ3v) is 3.31. The highest BCUT2D eigenvalue weighted by atomic mass is 35.5. The summed E-state index contributed by atoms with van der Waals surface area (Å²) in [7, 11) is 0. The fourth-order valence-corrected chi connectivity index (χ4v) is 2.07. The summed E-state index contributed by atoms with van der Waals surface area (Å²) in [5.41, 5.74) is 1.11. The van der Waals surface area contributed by atoms with Gasteiger partial charge in [-0.25, -0.2) is 0 Å². The molecule has 2 rings (SSSR count). The van der Waals surface area contributed by atoms with Gasteiger partial charge in [0, 0.05) is 10.9 Å². The first kappa shape index (κ1) is 9.72. The van der Waals surface area contributed by atoms with E-state index in [1.165, 1.54) is 19.3 Å². The monoisotopic (exact) mass is 208 g/mol. The fourth-order valence-electron chi connectivity index (χ4n) is 1.95. The molecular weight excluding hydrogens is 196 g/mol. The summed E-state index contributed by atoms with van der Waals surface area (Å²) in [4.78, 5) is 11.0. The van der Waals surface area contributed by atoms with E-state index in [4.69, 9.17) is 11.6 Å². The van der Waals surface area contributed by atoms with E-state index in [9.17, 15) is 4.79 Å². The second-order valence-electron chi connectivity index (χ2n) is 3.90. The van der Waals surface area contributed by atoms with Crippen molar-refractivity contribution in [3.63, 3.8) is 0 Å². The summed E-state index contributed by atoms with van der Waals surface area (Å²) in [5.74, 6) is 0.648. The maximum absolute atomic E-state index is 11.0. The van der Waals surface area contributed by atoms with Crippen LogP contribution in [0, 0.1) is 5.92 Å². The highest BCUT2D eigenvalue weighted by Gasteiger charge is 2.27. The fraction of sp³-hybridized carbons (Fsp3) is 0.417. The average Bonchev–Trinajstić information content (AvgIpc) is 2.13. The summed E-state index contributed by atoms with van der Waals surface area (Å²) < 4.78 is 0. The zero-order valence-electron chi connectivity index (χ0n) is 7.95. The molecule has 74 valence electrons. The number of rotatable bonds is 3. The van der Waals surface area contributed by atoms with Gasteiger partial charge in [-0.1, -0.05) is 30.2 Å². The maximum Gasteiger partial charge on any atom is 0.127 e. The van der Waals surface area contributed by atoms with Crippen LogP contribution in [0.4, 0.5) is 0 Å². The Kier molecular flexibility index (Phi) is 2.87. The molecule has 1 aromatic carbocycles. The lowest BCUT2D eigenvalue weighted by Gasteiger charge is -2.30. The van der Waals surface area contributed by atoms with E-state index in [-0.39, 0.29) is 5.92 Å². The topological polar surface area (TPSA) is 17.1 Å². The summed E-state index contributed by atoms with van der Waals surface area (Å²) in [6, 6.07) is 7.62. The first-order chi connectivity index (χ1) is 6.81. The summed E-state index contributed by atoms with van der Waals surface area (Å²) in [6.45, 7) is 0. The number of halogens is 1. The molecule has 0 bridgehead atoms. The molecule has 0 radical (unpaired) electrons. The molecule has 0 aromatic heterocycles. The van der Waals surface area contributed by atoms with Gasteiger partial charge in [0.15, 0.2) is 0 Å². The Morgan fingerprint density at radius 2 is 1.93 bits per heavy atom. The molecule has 0 amide bonds. The van der Waals surface area contributed by atoms with Crippen molar-refractivity contribution in [3.05, 3.63) is 34.9 Å². The number of hydrogen-bond acceptors (Lipinski definition) is 1. The highest BCUT2D eigenvalue weighted by Crippen LogP contribution is 2.38. The molecule has 1 aliphatic rings.